The van der Waals surface area contributed by atoms with Gasteiger partial charge >= 0.3 is 11.9 Å². The summed E-state index contributed by atoms with van der Waals surface area (Å²) < 4.78 is 0. The van der Waals surface area contributed by atoms with Crippen LogP contribution in [-0.4, -0.2) is 28.2 Å². The smallest absolute Gasteiger partial charge is 0.321 e. The molecule has 0 aromatic heterocycles. The van der Waals surface area contributed by atoms with Gasteiger partial charge in [0.15, 0.2) is 0 Å². The number of carbonyl (C=O) groups is 2. The Morgan fingerprint density at radius 1 is 1.30 bits per heavy atom. The quantitative estimate of drug-likeness (QED) is 0.481. The molecule has 0 spiro atoms. The van der Waals surface area contributed by atoms with Gasteiger partial charge in [-0.15, -0.1) is 0 Å². The van der Waals surface area contributed by atoms with E-state index in [1.54, 1.807) is 0 Å². The Morgan fingerprint density at radius 3 is 1.80 bits per heavy atom. The summed E-state index contributed by atoms with van der Waals surface area (Å²) >= 11 is 0. The van der Waals surface area contributed by atoms with E-state index in [-0.39, 0.29) is 0 Å². The van der Waals surface area contributed by atoms with Crippen molar-refractivity contribution in [1.29, 1.82) is 0 Å². The fraction of sp³-hybridized carbons (Fsp3) is 0.600. The third kappa shape index (κ3) is 2.02. The molecule has 0 aliphatic carbocycles. The first-order valence-electron chi connectivity index (χ1n) is 2.68. The van der Waals surface area contributed by atoms with Gasteiger partial charge in [-0.25, -0.2) is 0 Å². The molecule has 0 aromatic carbocycles. The predicted octanol–water partition coefficient (Wildman–Crippen LogP) is -0.881. The van der Waals surface area contributed by atoms with E-state index >= 15 is 0 Å². The molecule has 0 heterocycles. The first kappa shape index (κ1) is 8.90. The molecule has 0 bridgehead atoms. The standard InChI is InChI=1S/C5H9NO4/c1-2(4(7)8)3(6)5(9)10/h2-3H,6H2,1H3,(H,7,8)(H,9,10)/t2-,3+/m0/s1. The van der Waals surface area contributed by atoms with Gasteiger partial charge in [0.1, 0.15) is 6.04 Å². The second-order valence-electron chi connectivity index (χ2n) is 1.99. The first-order chi connectivity index (χ1) is 4.46. The monoisotopic (exact) mass is 147 g/mol. The zero-order valence-electron chi connectivity index (χ0n) is 5.44. The van der Waals surface area contributed by atoms with Crippen LogP contribution in [0.3, 0.4) is 0 Å². The average molecular weight is 147 g/mol. The SMILES string of the molecule is C[C@H](C(=O)O)[C@@H](N)C(=O)O. The molecule has 0 aliphatic rings. The maximum absolute atomic E-state index is 10.1. The van der Waals surface area contributed by atoms with Gasteiger partial charge < -0.3 is 15.9 Å². The van der Waals surface area contributed by atoms with Crippen molar-refractivity contribution in [2.45, 2.75) is 13.0 Å². The van der Waals surface area contributed by atoms with Gasteiger partial charge in [0.2, 0.25) is 0 Å². The highest BCUT2D eigenvalue weighted by molar-refractivity contribution is 5.82. The van der Waals surface area contributed by atoms with E-state index in [0.717, 1.165) is 0 Å². The number of aliphatic carboxylic acids is 2. The lowest BCUT2D eigenvalue weighted by atomic mass is 10.0. The van der Waals surface area contributed by atoms with Crippen LogP contribution in [0.4, 0.5) is 0 Å². The van der Waals surface area contributed by atoms with Crippen LogP contribution in [-0.2, 0) is 9.59 Å². The number of carboxylic acid groups (broad SMARTS) is 2. The molecule has 0 unspecified atom stereocenters. The Labute approximate surface area is 57.5 Å². The summed E-state index contributed by atoms with van der Waals surface area (Å²) in [6.07, 6.45) is 0. The van der Waals surface area contributed by atoms with Gasteiger partial charge in [0, 0.05) is 0 Å². The molecular weight excluding hydrogens is 138 g/mol. The van der Waals surface area contributed by atoms with Crippen molar-refractivity contribution < 1.29 is 19.8 Å². The Kier molecular flexibility index (Phi) is 2.82. The van der Waals surface area contributed by atoms with Crippen LogP contribution in [0.2, 0.25) is 0 Å². The lowest BCUT2D eigenvalue weighted by Gasteiger charge is -2.09. The predicted molar refractivity (Wildman–Crippen MR) is 32.4 cm³/mol. The molecule has 4 N–H and O–H groups in total. The Balaban J connectivity index is 4.07. The molecule has 0 saturated heterocycles. The van der Waals surface area contributed by atoms with Crippen molar-refractivity contribution in [2.75, 3.05) is 0 Å². The zero-order chi connectivity index (χ0) is 8.31. The summed E-state index contributed by atoms with van der Waals surface area (Å²) in [4.78, 5) is 20.2. The fourth-order valence-corrected chi connectivity index (χ4v) is 0.367. The summed E-state index contributed by atoms with van der Waals surface area (Å²) in [6.45, 7) is 1.25. The summed E-state index contributed by atoms with van der Waals surface area (Å²) in [5, 5.41) is 16.5. The molecule has 0 aromatic rings. The Morgan fingerprint density at radius 2 is 1.70 bits per heavy atom. The Bertz CT molecular complexity index is 138. The summed E-state index contributed by atoms with van der Waals surface area (Å²) in [6, 6.07) is -1.32. The normalized spacial score (nSPS) is 15.8. The van der Waals surface area contributed by atoms with Gasteiger partial charge in [-0.3, -0.25) is 9.59 Å². The van der Waals surface area contributed by atoms with Gasteiger partial charge in [-0.2, -0.15) is 0 Å². The highest BCUT2D eigenvalue weighted by Gasteiger charge is 2.25. The molecule has 0 amide bonds. The van der Waals surface area contributed by atoms with E-state index in [9.17, 15) is 9.59 Å². The van der Waals surface area contributed by atoms with Crippen molar-refractivity contribution in [1.82, 2.24) is 0 Å². The second kappa shape index (κ2) is 3.17. The van der Waals surface area contributed by atoms with Crippen LogP contribution in [0.15, 0.2) is 0 Å². The third-order valence-corrected chi connectivity index (χ3v) is 1.21. The van der Waals surface area contributed by atoms with Crippen LogP contribution in [0.5, 0.6) is 0 Å². The van der Waals surface area contributed by atoms with Gasteiger partial charge in [-0.1, -0.05) is 0 Å². The van der Waals surface area contributed by atoms with Crippen LogP contribution >= 0.6 is 0 Å². The molecule has 0 aliphatic heterocycles. The van der Waals surface area contributed by atoms with Crippen molar-refractivity contribution in [3.63, 3.8) is 0 Å². The number of nitrogens with two attached hydrogens (primary N) is 1. The molecule has 10 heavy (non-hydrogen) atoms. The van der Waals surface area contributed by atoms with Crippen molar-refractivity contribution in [3.8, 4) is 0 Å². The molecule has 2 atom stereocenters. The van der Waals surface area contributed by atoms with E-state index in [2.05, 4.69) is 0 Å². The lowest BCUT2D eigenvalue weighted by Crippen LogP contribution is -2.40. The zero-order valence-corrected chi connectivity index (χ0v) is 5.44. The van der Waals surface area contributed by atoms with Gasteiger partial charge in [0.25, 0.3) is 0 Å². The average Bonchev–Trinajstić information content (AvgIpc) is 1.84. The van der Waals surface area contributed by atoms with Crippen LogP contribution in [0, 0.1) is 5.92 Å². The molecule has 5 heteroatoms. The van der Waals surface area contributed by atoms with Crippen LogP contribution in [0.1, 0.15) is 6.92 Å². The van der Waals surface area contributed by atoms with E-state index in [0.29, 0.717) is 0 Å². The number of hydrogen-bond acceptors (Lipinski definition) is 3. The summed E-state index contributed by atoms with van der Waals surface area (Å²) in [5.74, 6) is -3.54. The van der Waals surface area contributed by atoms with E-state index in [4.69, 9.17) is 15.9 Å². The van der Waals surface area contributed by atoms with Gasteiger partial charge in [0.05, 0.1) is 5.92 Å². The molecular formula is C5H9NO4. The maximum atomic E-state index is 10.1. The molecule has 0 radical (unpaired) electrons. The molecule has 58 valence electrons. The van der Waals surface area contributed by atoms with Gasteiger partial charge in [-0.05, 0) is 6.92 Å². The van der Waals surface area contributed by atoms with E-state index in [1.165, 1.54) is 6.92 Å². The topological polar surface area (TPSA) is 101 Å². The lowest BCUT2D eigenvalue weighted by molar-refractivity contribution is -0.149. The summed E-state index contributed by atoms with van der Waals surface area (Å²) in [7, 11) is 0. The molecule has 5 nitrogen and oxygen atoms in total. The van der Waals surface area contributed by atoms with E-state index < -0.39 is 23.9 Å². The minimum absolute atomic E-state index is 1.04. The molecule has 0 fully saturated rings. The minimum Gasteiger partial charge on any atom is -0.481 e. The van der Waals surface area contributed by atoms with Crippen molar-refractivity contribution in [2.24, 2.45) is 11.7 Å². The number of rotatable bonds is 3. The highest BCUT2D eigenvalue weighted by Crippen LogP contribution is 1.99. The largest absolute Gasteiger partial charge is 0.481 e. The maximum Gasteiger partial charge on any atom is 0.321 e. The first-order valence-corrected chi connectivity index (χ1v) is 2.68. The van der Waals surface area contributed by atoms with Crippen molar-refractivity contribution in [3.05, 3.63) is 0 Å². The fourth-order valence-electron chi connectivity index (χ4n) is 0.367. The second-order valence-corrected chi connectivity index (χ2v) is 1.99. The van der Waals surface area contributed by atoms with Crippen molar-refractivity contribution >= 4 is 11.9 Å². The summed E-state index contributed by atoms with van der Waals surface area (Å²) in [5.41, 5.74) is 4.98. The van der Waals surface area contributed by atoms with E-state index in [1.807, 2.05) is 0 Å². The van der Waals surface area contributed by atoms with Crippen LogP contribution in [0.25, 0.3) is 0 Å². The number of carboxylic acids is 2. The number of hydrogen-bond donors (Lipinski definition) is 3. The molecule has 0 rings (SSSR count). The minimum atomic E-state index is -1.32. The van der Waals surface area contributed by atoms with Crippen LogP contribution < -0.4 is 5.73 Å². The highest BCUT2D eigenvalue weighted by atomic mass is 16.4. The Hall–Kier alpha value is -1.10. The third-order valence-electron chi connectivity index (χ3n) is 1.21. The molecule has 0 saturated carbocycles.